The number of ether oxygens (including phenoxy) is 1. The smallest absolute Gasteiger partial charge is 0.226 e. The molecule has 2 aliphatic heterocycles. The van der Waals surface area contributed by atoms with Gasteiger partial charge in [0.15, 0.2) is 15.9 Å². The van der Waals surface area contributed by atoms with E-state index >= 15 is 0 Å². The molecular formula is C10H14N2O4S. The van der Waals surface area contributed by atoms with Crippen molar-refractivity contribution >= 4 is 15.7 Å². The van der Waals surface area contributed by atoms with Gasteiger partial charge in [-0.3, -0.25) is 4.79 Å². The van der Waals surface area contributed by atoms with Crippen molar-refractivity contribution < 1.29 is 17.9 Å². The van der Waals surface area contributed by atoms with Crippen LogP contribution >= 0.6 is 0 Å². The van der Waals surface area contributed by atoms with E-state index in [1.807, 2.05) is 6.07 Å². The predicted molar refractivity (Wildman–Crippen MR) is 58.7 cm³/mol. The Hall–Kier alpha value is -1.13. The molecule has 2 saturated heterocycles. The van der Waals surface area contributed by atoms with Crippen LogP contribution in [0.5, 0.6) is 0 Å². The molecule has 0 radical (unpaired) electrons. The molecule has 0 aliphatic carbocycles. The lowest BCUT2D eigenvalue weighted by molar-refractivity contribution is -0.140. The second kappa shape index (κ2) is 4.63. The van der Waals surface area contributed by atoms with Crippen LogP contribution in [0.2, 0.25) is 0 Å². The van der Waals surface area contributed by atoms with Gasteiger partial charge in [0, 0.05) is 6.54 Å². The molecule has 0 saturated carbocycles. The average molecular weight is 258 g/mol. The maximum atomic E-state index is 12.0. The van der Waals surface area contributed by atoms with Crippen LogP contribution in [0.25, 0.3) is 0 Å². The van der Waals surface area contributed by atoms with Gasteiger partial charge < -0.3 is 9.64 Å². The summed E-state index contributed by atoms with van der Waals surface area (Å²) < 4.78 is 27.7. The maximum Gasteiger partial charge on any atom is 0.226 e. The van der Waals surface area contributed by atoms with Crippen LogP contribution < -0.4 is 0 Å². The molecule has 2 aliphatic rings. The number of hydrogen-bond acceptors (Lipinski definition) is 5. The normalized spacial score (nSPS) is 32.1. The molecule has 0 aromatic rings. The van der Waals surface area contributed by atoms with E-state index in [0.717, 1.165) is 0 Å². The van der Waals surface area contributed by atoms with Crippen LogP contribution in [-0.2, 0) is 19.4 Å². The summed E-state index contributed by atoms with van der Waals surface area (Å²) in [5.74, 6) is -0.553. The Labute approximate surface area is 100 Å². The molecule has 0 N–H and O–H groups in total. The van der Waals surface area contributed by atoms with Crippen molar-refractivity contribution in [2.45, 2.75) is 12.5 Å². The molecule has 7 heteroatoms. The van der Waals surface area contributed by atoms with Crippen molar-refractivity contribution in [3.05, 3.63) is 0 Å². The van der Waals surface area contributed by atoms with E-state index in [0.29, 0.717) is 19.6 Å². The largest absolute Gasteiger partial charge is 0.360 e. The Morgan fingerprint density at radius 3 is 2.82 bits per heavy atom. The number of nitrogens with zero attached hydrogens (tertiary/aromatic N) is 2. The van der Waals surface area contributed by atoms with Crippen molar-refractivity contribution in [3.8, 4) is 6.07 Å². The average Bonchev–Trinajstić information content (AvgIpc) is 2.69. The van der Waals surface area contributed by atoms with Crippen molar-refractivity contribution in [2.24, 2.45) is 5.92 Å². The Kier molecular flexibility index (Phi) is 3.35. The van der Waals surface area contributed by atoms with Gasteiger partial charge >= 0.3 is 0 Å². The quantitative estimate of drug-likeness (QED) is 0.612. The highest BCUT2D eigenvalue weighted by Crippen LogP contribution is 2.21. The number of morpholine rings is 1. The molecule has 2 fully saturated rings. The lowest BCUT2D eigenvalue weighted by atomic mass is 10.1. The Morgan fingerprint density at radius 1 is 1.47 bits per heavy atom. The number of nitriles is 1. The summed E-state index contributed by atoms with van der Waals surface area (Å²) in [5, 5.41) is 8.73. The van der Waals surface area contributed by atoms with E-state index in [2.05, 4.69) is 0 Å². The number of carbonyl (C=O) groups is 1. The maximum absolute atomic E-state index is 12.0. The highest BCUT2D eigenvalue weighted by atomic mass is 32.2. The SMILES string of the molecule is N#CC1CN(C(=O)C2CCS(=O)(=O)C2)CCO1. The summed E-state index contributed by atoms with van der Waals surface area (Å²) in [6.07, 6.45) is -0.193. The van der Waals surface area contributed by atoms with Crippen LogP contribution in [0.1, 0.15) is 6.42 Å². The fraction of sp³-hybridized carbons (Fsp3) is 0.800. The van der Waals surface area contributed by atoms with E-state index in [9.17, 15) is 13.2 Å². The molecule has 0 bridgehead atoms. The molecular weight excluding hydrogens is 244 g/mol. The first-order valence-corrected chi connectivity index (χ1v) is 7.34. The summed E-state index contributed by atoms with van der Waals surface area (Å²) in [7, 11) is -3.04. The van der Waals surface area contributed by atoms with Gasteiger partial charge in [-0.15, -0.1) is 0 Å². The number of rotatable bonds is 1. The van der Waals surface area contributed by atoms with E-state index in [-0.39, 0.29) is 24.0 Å². The monoisotopic (exact) mass is 258 g/mol. The van der Waals surface area contributed by atoms with Crippen LogP contribution in [-0.4, -0.2) is 56.5 Å². The van der Waals surface area contributed by atoms with Crippen LogP contribution in [0.3, 0.4) is 0 Å². The van der Waals surface area contributed by atoms with E-state index < -0.39 is 21.9 Å². The van der Waals surface area contributed by atoms with Gasteiger partial charge in [0.2, 0.25) is 5.91 Å². The van der Waals surface area contributed by atoms with E-state index in [4.69, 9.17) is 10.00 Å². The molecule has 2 rings (SSSR count). The molecule has 2 unspecified atom stereocenters. The molecule has 6 nitrogen and oxygen atoms in total. The molecule has 17 heavy (non-hydrogen) atoms. The third-order valence-corrected chi connectivity index (χ3v) is 4.87. The Bertz CT molecular complexity index is 453. The van der Waals surface area contributed by atoms with E-state index in [1.54, 1.807) is 4.90 Å². The third-order valence-electron chi connectivity index (χ3n) is 3.10. The molecule has 0 aromatic carbocycles. The van der Waals surface area contributed by atoms with Gasteiger partial charge in [-0.05, 0) is 6.42 Å². The van der Waals surface area contributed by atoms with Gasteiger partial charge in [0.1, 0.15) is 0 Å². The fourth-order valence-corrected chi connectivity index (χ4v) is 3.91. The first-order valence-electron chi connectivity index (χ1n) is 5.52. The minimum atomic E-state index is -3.04. The molecule has 94 valence electrons. The molecule has 0 spiro atoms. The summed E-state index contributed by atoms with van der Waals surface area (Å²) in [4.78, 5) is 13.6. The van der Waals surface area contributed by atoms with Crippen LogP contribution in [0.15, 0.2) is 0 Å². The highest BCUT2D eigenvalue weighted by Gasteiger charge is 2.36. The first-order chi connectivity index (χ1) is 8.02. The molecule has 0 aromatic heterocycles. The Balaban J connectivity index is 1.99. The second-order valence-corrected chi connectivity index (χ2v) is 6.60. The zero-order chi connectivity index (χ0) is 12.5. The van der Waals surface area contributed by atoms with Crippen LogP contribution in [0.4, 0.5) is 0 Å². The van der Waals surface area contributed by atoms with E-state index in [1.165, 1.54) is 0 Å². The minimum absolute atomic E-state index is 0.0551. The van der Waals surface area contributed by atoms with Gasteiger partial charge in [0.25, 0.3) is 0 Å². The zero-order valence-corrected chi connectivity index (χ0v) is 10.1. The van der Waals surface area contributed by atoms with Gasteiger partial charge in [0.05, 0.1) is 36.6 Å². The first kappa shape index (κ1) is 12.3. The summed E-state index contributed by atoms with van der Waals surface area (Å²) in [6.45, 7) is 1.02. The summed E-state index contributed by atoms with van der Waals surface area (Å²) in [6, 6.07) is 1.96. The lowest BCUT2D eigenvalue weighted by Crippen LogP contribution is -2.47. The molecule has 2 atom stereocenters. The number of carbonyl (C=O) groups excluding carboxylic acids is 1. The van der Waals surface area contributed by atoms with Gasteiger partial charge in [-0.2, -0.15) is 5.26 Å². The third kappa shape index (κ3) is 2.76. The lowest BCUT2D eigenvalue weighted by Gasteiger charge is -2.31. The summed E-state index contributed by atoms with van der Waals surface area (Å²) >= 11 is 0. The van der Waals surface area contributed by atoms with Crippen LogP contribution in [0, 0.1) is 17.2 Å². The number of amides is 1. The number of sulfone groups is 1. The van der Waals surface area contributed by atoms with Crippen molar-refractivity contribution in [1.82, 2.24) is 4.90 Å². The second-order valence-electron chi connectivity index (χ2n) is 4.37. The van der Waals surface area contributed by atoms with Crippen molar-refractivity contribution in [2.75, 3.05) is 31.2 Å². The highest BCUT2D eigenvalue weighted by molar-refractivity contribution is 7.91. The number of hydrogen-bond donors (Lipinski definition) is 0. The Morgan fingerprint density at radius 2 is 2.24 bits per heavy atom. The van der Waals surface area contributed by atoms with Gasteiger partial charge in [-0.25, -0.2) is 8.42 Å². The topological polar surface area (TPSA) is 87.5 Å². The van der Waals surface area contributed by atoms with Gasteiger partial charge in [-0.1, -0.05) is 0 Å². The predicted octanol–water partition coefficient (Wildman–Crippen LogP) is -0.828. The van der Waals surface area contributed by atoms with Crippen molar-refractivity contribution in [1.29, 1.82) is 5.26 Å². The fourth-order valence-electron chi connectivity index (χ4n) is 2.18. The molecule has 2 heterocycles. The summed E-state index contributed by atoms with van der Waals surface area (Å²) in [5.41, 5.74) is 0. The van der Waals surface area contributed by atoms with Crippen molar-refractivity contribution in [3.63, 3.8) is 0 Å². The zero-order valence-electron chi connectivity index (χ0n) is 9.33. The molecule has 1 amide bonds. The standard InChI is InChI=1S/C10H14N2O4S/c11-5-9-6-12(2-3-16-9)10(13)8-1-4-17(14,15)7-8/h8-9H,1-4,6-7H2. The minimum Gasteiger partial charge on any atom is -0.360 e.